The first-order valence-corrected chi connectivity index (χ1v) is 9.70. The van der Waals surface area contributed by atoms with E-state index < -0.39 is 17.2 Å². The van der Waals surface area contributed by atoms with Crippen molar-refractivity contribution in [2.75, 3.05) is 18.0 Å². The van der Waals surface area contributed by atoms with Crippen molar-refractivity contribution in [3.8, 4) is 0 Å². The Morgan fingerprint density at radius 2 is 1.89 bits per heavy atom. The zero-order valence-corrected chi connectivity index (χ0v) is 17.7. The number of carbonyl (C=O) groups excluding carboxylic acids is 2. The number of hydrogen-bond acceptors (Lipinski definition) is 4. The molecule has 1 aromatic carbocycles. The van der Waals surface area contributed by atoms with Gasteiger partial charge < -0.3 is 20.3 Å². The summed E-state index contributed by atoms with van der Waals surface area (Å²) < 4.78 is 19.5. The summed E-state index contributed by atoms with van der Waals surface area (Å²) in [7, 11) is 0. The smallest absolute Gasteiger partial charge is 0.408 e. The topological polar surface area (TPSA) is 70.7 Å². The van der Waals surface area contributed by atoms with Crippen molar-refractivity contribution in [1.29, 1.82) is 0 Å². The fraction of sp³-hybridized carbons (Fsp3) is 0.619. The Morgan fingerprint density at radius 3 is 2.54 bits per heavy atom. The molecule has 2 amide bonds. The molecule has 1 heterocycles. The number of rotatable bonds is 4. The molecule has 0 aromatic heterocycles. The van der Waals surface area contributed by atoms with Gasteiger partial charge >= 0.3 is 6.09 Å². The average molecular weight is 394 g/mol. The fourth-order valence-corrected chi connectivity index (χ4v) is 3.16. The number of alkyl carbamates (subject to hydrolysis) is 1. The summed E-state index contributed by atoms with van der Waals surface area (Å²) in [5.41, 5.74) is -0.215. The van der Waals surface area contributed by atoms with Crippen molar-refractivity contribution >= 4 is 17.7 Å². The van der Waals surface area contributed by atoms with Crippen LogP contribution in [0.25, 0.3) is 0 Å². The predicted octanol–water partition coefficient (Wildman–Crippen LogP) is 3.52. The van der Waals surface area contributed by atoms with E-state index in [1.54, 1.807) is 40.7 Å². The molecule has 0 saturated carbocycles. The minimum Gasteiger partial charge on any atom is -0.444 e. The molecule has 28 heavy (non-hydrogen) atoms. The van der Waals surface area contributed by atoms with Crippen molar-refractivity contribution in [1.82, 2.24) is 10.6 Å². The molecule has 1 atom stereocenters. The second kappa shape index (κ2) is 8.37. The van der Waals surface area contributed by atoms with Gasteiger partial charge in [0.25, 0.3) is 0 Å². The Balaban J connectivity index is 1.99. The molecule has 1 unspecified atom stereocenters. The van der Waals surface area contributed by atoms with Crippen LogP contribution in [-0.4, -0.2) is 42.3 Å². The summed E-state index contributed by atoms with van der Waals surface area (Å²) >= 11 is 0. The van der Waals surface area contributed by atoms with E-state index in [-0.39, 0.29) is 17.8 Å². The first kappa shape index (κ1) is 22.0. The van der Waals surface area contributed by atoms with Gasteiger partial charge in [-0.15, -0.1) is 0 Å². The maximum atomic E-state index is 14.2. The van der Waals surface area contributed by atoms with Crippen LogP contribution in [0.5, 0.6) is 0 Å². The van der Waals surface area contributed by atoms with Crippen LogP contribution in [0, 0.1) is 12.7 Å². The molecule has 1 aliphatic heterocycles. The summed E-state index contributed by atoms with van der Waals surface area (Å²) in [4.78, 5) is 26.7. The lowest BCUT2D eigenvalue weighted by atomic mass is 10.0. The molecular weight excluding hydrogens is 361 g/mol. The third-order valence-corrected chi connectivity index (χ3v) is 4.58. The summed E-state index contributed by atoms with van der Waals surface area (Å²) in [5, 5.41) is 5.60. The number of benzene rings is 1. The molecule has 156 valence electrons. The van der Waals surface area contributed by atoms with Gasteiger partial charge in [-0.05, 0) is 72.1 Å². The summed E-state index contributed by atoms with van der Waals surface area (Å²) in [5.74, 6) is -0.556. The molecule has 0 spiro atoms. The monoisotopic (exact) mass is 393 g/mol. The third-order valence-electron chi connectivity index (χ3n) is 4.58. The molecule has 0 aliphatic carbocycles. The number of halogens is 1. The molecule has 2 rings (SSSR count). The zero-order valence-electron chi connectivity index (χ0n) is 17.7. The van der Waals surface area contributed by atoms with Gasteiger partial charge in [-0.3, -0.25) is 4.79 Å². The third kappa shape index (κ3) is 6.11. The van der Waals surface area contributed by atoms with Crippen molar-refractivity contribution in [2.24, 2.45) is 0 Å². The second-order valence-corrected chi connectivity index (χ2v) is 8.97. The van der Waals surface area contributed by atoms with Crippen molar-refractivity contribution in [3.05, 3.63) is 29.6 Å². The molecular formula is C21H32FN3O3. The quantitative estimate of drug-likeness (QED) is 0.821. The normalized spacial score (nSPS) is 17.8. The lowest BCUT2D eigenvalue weighted by Gasteiger charge is -2.36. The minimum absolute atomic E-state index is 0.124. The van der Waals surface area contributed by atoms with Gasteiger partial charge in [-0.1, -0.05) is 6.07 Å². The summed E-state index contributed by atoms with van der Waals surface area (Å²) in [6, 6.07) is 4.92. The lowest BCUT2D eigenvalue weighted by molar-refractivity contribution is -0.127. The molecule has 1 fully saturated rings. The predicted molar refractivity (Wildman–Crippen MR) is 108 cm³/mol. The fourth-order valence-electron chi connectivity index (χ4n) is 3.16. The molecule has 1 aromatic rings. The highest BCUT2D eigenvalue weighted by molar-refractivity contribution is 5.89. The number of aryl methyl sites for hydroxylation is 1. The molecule has 7 heteroatoms. The highest BCUT2D eigenvalue weighted by Gasteiger charge is 2.34. The van der Waals surface area contributed by atoms with Crippen LogP contribution < -0.4 is 15.5 Å². The summed E-state index contributed by atoms with van der Waals surface area (Å²) in [6.45, 7) is 11.8. The number of ether oxygens (including phenoxy) is 1. The molecule has 1 saturated heterocycles. The lowest BCUT2D eigenvalue weighted by Crippen LogP contribution is -2.59. The molecule has 2 N–H and O–H groups in total. The first-order valence-electron chi connectivity index (χ1n) is 9.70. The number of anilines is 1. The highest BCUT2D eigenvalue weighted by Crippen LogP contribution is 2.24. The Kier molecular flexibility index (Phi) is 6.57. The average Bonchev–Trinajstić information content (AvgIpc) is 2.55. The van der Waals surface area contributed by atoms with Crippen LogP contribution in [0.4, 0.5) is 14.9 Å². The van der Waals surface area contributed by atoms with E-state index in [9.17, 15) is 14.0 Å². The Labute approximate surface area is 166 Å². The van der Waals surface area contributed by atoms with Crippen LogP contribution >= 0.6 is 0 Å². The SMILES string of the molecule is Cc1ccc(F)c(N2CCCC(NC(=O)C(C)(C)NC(=O)OC(C)(C)C)C2)c1. The van der Waals surface area contributed by atoms with Gasteiger partial charge in [0.15, 0.2) is 0 Å². The number of piperidine rings is 1. The number of amides is 2. The van der Waals surface area contributed by atoms with E-state index in [1.165, 1.54) is 6.07 Å². The molecule has 0 bridgehead atoms. The number of hydrogen-bond donors (Lipinski definition) is 2. The van der Waals surface area contributed by atoms with Gasteiger partial charge in [-0.2, -0.15) is 0 Å². The van der Waals surface area contributed by atoms with Gasteiger partial charge in [-0.25, -0.2) is 9.18 Å². The van der Waals surface area contributed by atoms with Gasteiger partial charge in [0.05, 0.1) is 5.69 Å². The second-order valence-electron chi connectivity index (χ2n) is 8.97. The minimum atomic E-state index is -1.13. The van der Waals surface area contributed by atoms with Gasteiger partial charge in [0.1, 0.15) is 17.0 Å². The van der Waals surface area contributed by atoms with E-state index in [4.69, 9.17) is 4.74 Å². The van der Waals surface area contributed by atoms with Crippen molar-refractivity contribution < 1.29 is 18.7 Å². The highest BCUT2D eigenvalue weighted by atomic mass is 19.1. The Hall–Kier alpha value is -2.31. The first-order chi connectivity index (χ1) is 12.9. The van der Waals surface area contributed by atoms with Gasteiger partial charge in [0, 0.05) is 19.1 Å². The van der Waals surface area contributed by atoms with E-state index in [0.717, 1.165) is 24.9 Å². The van der Waals surface area contributed by atoms with Crippen molar-refractivity contribution in [2.45, 2.75) is 71.6 Å². The van der Waals surface area contributed by atoms with E-state index in [0.29, 0.717) is 12.2 Å². The maximum absolute atomic E-state index is 14.2. The number of carbonyl (C=O) groups is 2. The van der Waals surface area contributed by atoms with E-state index in [1.807, 2.05) is 17.9 Å². The zero-order chi connectivity index (χ0) is 21.1. The van der Waals surface area contributed by atoms with Crippen LogP contribution in [0.3, 0.4) is 0 Å². The summed E-state index contributed by atoms with van der Waals surface area (Å²) in [6.07, 6.45) is 1.01. The molecule has 0 radical (unpaired) electrons. The van der Waals surface area contributed by atoms with Crippen LogP contribution in [-0.2, 0) is 9.53 Å². The van der Waals surface area contributed by atoms with Crippen molar-refractivity contribution in [3.63, 3.8) is 0 Å². The Morgan fingerprint density at radius 1 is 1.21 bits per heavy atom. The van der Waals surface area contributed by atoms with Crippen LogP contribution in [0.15, 0.2) is 18.2 Å². The van der Waals surface area contributed by atoms with E-state index in [2.05, 4.69) is 10.6 Å². The Bertz CT molecular complexity index is 728. The van der Waals surface area contributed by atoms with Crippen LogP contribution in [0.1, 0.15) is 53.0 Å². The maximum Gasteiger partial charge on any atom is 0.408 e. The molecule has 6 nitrogen and oxygen atoms in total. The van der Waals surface area contributed by atoms with E-state index >= 15 is 0 Å². The standard InChI is InChI=1S/C21H32FN3O3/c1-14-9-10-16(22)17(12-14)25-11-7-8-15(13-25)23-18(26)21(5,6)24-19(27)28-20(2,3)4/h9-10,12,15H,7-8,11,13H2,1-6H3,(H,23,26)(H,24,27). The van der Waals surface area contributed by atoms with Crippen LogP contribution in [0.2, 0.25) is 0 Å². The van der Waals surface area contributed by atoms with Gasteiger partial charge in [0.2, 0.25) is 5.91 Å². The number of nitrogens with one attached hydrogen (secondary N) is 2. The molecule has 1 aliphatic rings. The largest absolute Gasteiger partial charge is 0.444 e. The number of nitrogens with zero attached hydrogens (tertiary/aromatic N) is 1.